The average Bonchev–Trinajstić information content (AvgIpc) is 3.21. The summed E-state index contributed by atoms with van der Waals surface area (Å²) in [5.74, 6) is -0.623. The summed E-state index contributed by atoms with van der Waals surface area (Å²) in [6.07, 6.45) is 0.957. The predicted molar refractivity (Wildman–Crippen MR) is 85.1 cm³/mol. The van der Waals surface area contributed by atoms with Gasteiger partial charge in [0.2, 0.25) is 5.91 Å². The molecule has 22 heavy (non-hydrogen) atoms. The van der Waals surface area contributed by atoms with Gasteiger partial charge in [-0.25, -0.2) is 4.39 Å². The lowest BCUT2D eigenvalue weighted by atomic mass is 10.1. The molecule has 1 unspecified atom stereocenters. The normalized spacial score (nSPS) is 22.9. The highest BCUT2D eigenvalue weighted by atomic mass is 35.5. The average molecular weight is 370 g/mol. The molecule has 4 nitrogen and oxygen atoms in total. The lowest BCUT2D eigenvalue weighted by molar-refractivity contribution is -0.141. The molecular formula is C14H16Cl3FN2O2. The minimum absolute atomic E-state index is 0. The summed E-state index contributed by atoms with van der Waals surface area (Å²) >= 11 is 11.8. The smallest absolute Gasteiger partial charge is 0.242 e. The third kappa shape index (κ3) is 3.34. The third-order valence-electron chi connectivity index (χ3n) is 3.95. The van der Waals surface area contributed by atoms with Crippen LogP contribution in [0.1, 0.15) is 24.5 Å². The van der Waals surface area contributed by atoms with Crippen LogP contribution in [-0.2, 0) is 9.53 Å². The van der Waals surface area contributed by atoms with Crippen LogP contribution in [0.15, 0.2) is 12.1 Å². The van der Waals surface area contributed by atoms with E-state index in [1.165, 1.54) is 12.1 Å². The Morgan fingerprint density at radius 2 is 2.05 bits per heavy atom. The Hall–Kier alpha value is -0.590. The highest BCUT2D eigenvalue weighted by Gasteiger charge is 2.49. The van der Waals surface area contributed by atoms with Crippen LogP contribution in [-0.4, -0.2) is 36.0 Å². The Morgan fingerprint density at radius 1 is 1.36 bits per heavy atom. The number of nitrogens with two attached hydrogens (primary N) is 1. The van der Waals surface area contributed by atoms with Crippen LogP contribution in [0, 0.1) is 5.82 Å². The van der Waals surface area contributed by atoms with Crippen LogP contribution in [0.3, 0.4) is 0 Å². The first-order valence-corrected chi connectivity index (χ1v) is 7.50. The van der Waals surface area contributed by atoms with E-state index in [2.05, 4.69) is 0 Å². The third-order valence-corrected chi connectivity index (χ3v) is 4.57. The van der Waals surface area contributed by atoms with Crippen LogP contribution >= 0.6 is 35.6 Å². The first-order valence-electron chi connectivity index (χ1n) is 6.75. The van der Waals surface area contributed by atoms with Gasteiger partial charge in [0.15, 0.2) is 0 Å². The monoisotopic (exact) mass is 368 g/mol. The first-order chi connectivity index (χ1) is 9.90. The van der Waals surface area contributed by atoms with Crippen LogP contribution in [0.4, 0.5) is 4.39 Å². The van der Waals surface area contributed by atoms with Crippen molar-refractivity contribution in [2.24, 2.45) is 5.73 Å². The lowest BCUT2D eigenvalue weighted by Gasteiger charge is -2.35. The highest BCUT2D eigenvalue weighted by molar-refractivity contribution is 6.35. The zero-order valence-electron chi connectivity index (χ0n) is 11.7. The fourth-order valence-electron chi connectivity index (χ4n) is 2.47. The molecule has 2 aliphatic rings. The highest BCUT2D eigenvalue weighted by Crippen LogP contribution is 2.37. The van der Waals surface area contributed by atoms with Gasteiger partial charge >= 0.3 is 0 Å². The van der Waals surface area contributed by atoms with Crippen LogP contribution < -0.4 is 5.73 Å². The predicted octanol–water partition coefficient (Wildman–Crippen LogP) is 2.95. The summed E-state index contributed by atoms with van der Waals surface area (Å²) in [5.41, 5.74) is 5.73. The van der Waals surface area contributed by atoms with Gasteiger partial charge in [-0.05, 0) is 25.0 Å². The van der Waals surface area contributed by atoms with Crippen LogP contribution in [0.25, 0.3) is 0 Å². The van der Waals surface area contributed by atoms with Crippen LogP contribution in [0.5, 0.6) is 0 Å². The van der Waals surface area contributed by atoms with Crippen LogP contribution in [0.2, 0.25) is 10.0 Å². The van der Waals surface area contributed by atoms with Gasteiger partial charge in [0.05, 0.1) is 23.7 Å². The van der Waals surface area contributed by atoms with Crippen molar-refractivity contribution in [3.8, 4) is 0 Å². The minimum Gasteiger partial charge on any atom is -0.370 e. The first kappa shape index (κ1) is 17.8. The molecule has 0 aromatic heterocycles. The quantitative estimate of drug-likeness (QED) is 0.816. The van der Waals surface area contributed by atoms with E-state index < -0.39 is 17.5 Å². The van der Waals surface area contributed by atoms with Gasteiger partial charge in [-0.15, -0.1) is 12.4 Å². The van der Waals surface area contributed by atoms with E-state index in [4.69, 9.17) is 33.7 Å². The number of ether oxygens (including phenoxy) is 1. The maximum Gasteiger partial charge on any atom is 0.242 e. The number of carbonyl (C=O) groups excluding carboxylic acids is 1. The van der Waals surface area contributed by atoms with E-state index in [9.17, 15) is 9.18 Å². The Kier molecular flexibility index (Phi) is 5.24. The number of nitrogens with zero attached hydrogens (tertiary/aromatic N) is 1. The molecule has 1 saturated carbocycles. The molecule has 1 aromatic rings. The summed E-state index contributed by atoms with van der Waals surface area (Å²) in [4.78, 5) is 14.0. The number of halogens is 4. The number of amides is 1. The van der Waals surface area contributed by atoms with E-state index in [-0.39, 0.29) is 23.3 Å². The van der Waals surface area contributed by atoms with Crippen molar-refractivity contribution >= 4 is 41.5 Å². The van der Waals surface area contributed by atoms with Gasteiger partial charge in [0.1, 0.15) is 11.9 Å². The summed E-state index contributed by atoms with van der Waals surface area (Å²) in [6.45, 7) is 1.17. The van der Waals surface area contributed by atoms with E-state index in [1.807, 2.05) is 0 Å². The van der Waals surface area contributed by atoms with Crippen molar-refractivity contribution in [1.29, 1.82) is 0 Å². The number of rotatable bonds is 2. The Bertz CT molecular complexity index is 596. The second-order valence-corrected chi connectivity index (χ2v) is 6.37. The van der Waals surface area contributed by atoms with Gasteiger partial charge in [0.25, 0.3) is 0 Å². The summed E-state index contributed by atoms with van der Waals surface area (Å²) in [6, 6.07) is 2.61. The van der Waals surface area contributed by atoms with E-state index in [0.717, 1.165) is 0 Å². The molecule has 1 amide bonds. The molecule has 0 bridgehead atoms. The van der Waals surface area contributed by atoms with Gasteiger partial charge in [-0.3, -0.25) is 4.79 Å². The van der Waals surface area contributed by atoms with Crippen molar-refractivity contribution in [1.82, 2.24) is 4.90 Å². The minimum atomic E-state index is -0.711. The summed E-state index contributed by atoms with van der Waals surface area (Å²) < 4.78 is 19.2. The van der Waals surface area contributed by atoms with Gasteiger partial charge in [-0.2, -0.15) is 0 Å². The van der Waals surface area contributed by atoms with Crippen molar-refractivity contribution in [2.75, 3.05) is 19.7 Å². The number of hydrogen-bond donors (Lipinski definition) is 1. The second-order valence-electron chi connectivity index (χ2n) is 5.55. The molecular weight excluding hydrogens is 354 g/mol. The maximum absolute atomic E-state index is 13.6. The number of carbonyl (C=O) groups is 1. The van der Waals surface area contributed by atoms with E-state index in [1.54, 1.807) is 4.90 Å². The van der Waals surface area contributed by atoms with Crippen molar-refractivity contribution in [3.05, 3.63) is 33.6 Å². The Balaban J connectivity index is 0.00000176. The summed E-state index contributed by atoms with van der Waals surface area (Å²) in [7, 11) is 0. The fourth-order valence-corrected chi connectivity index (χ4v) is 2.97. The van der Waals surface area contributed by atoms with Gasteiger partial charge < -0.3 is 15.4 Å². The molecule has 0 spiro atoms. The molecule has 1 atom stereocenters. The number of hydrogen-bond acceptors (Lipinski definition) is 3. The Morgan fingerprint density at radius 3 is 2.68 bits per heavy atom. The van der Waals surface area contributed by atoms with E-state index >= 15 is 0 Å². The lowest BCUT2D eigenvalue weighted by Crippen LogP contribution is -2.50. The van der Waals surface area contributed by atoms with Gasteiger partial charge in [-0.1, -0.05) is 23.2 Å². The van der Waals surface area contributed by atoms with Crippen molar-refractivity contribution in [3.63, 3.8) is 0 Å². The molecule has 122 valence electrons. The maximum atomic E-state index is 13.6. The number of benzene rings is 1. The number of morpholine rings is 1. The topological polar surface area (TPSA) is 55.6 Å². The molecule has 2 fully saturated rings. The zero-order valence-corrected chi connectivity index (χ0v) is 14.0. The van der Waals surface area contributed by atoms with Crippen molar-refractivity contribution in [2.45, 2.75) is 24.5 Å². The standard InChI is InChI=1S/C14H15Cl2FN2O2.ClH/c15-9-6-10(16)11(17)5-8(9)12-7-19(3-4-21-12)13(20)14(18)1-2-14;/h5-6,12H,1-4,7,18H2;1H. The van der Waals surface area contributed by atoms with Gasteiger partial charge in [0, 0.05) is 17.1 Å². The molecule has 1 saturated heterocycles. The molecule has 8 heteroatoms. The van der Waals surface area contributed by atoms with Crippen molar-refractivity contribution < 1.29 is 13.9 Å². The second kappa shape index (κ2) is 6.49. The largest absolute Gasteiger partial charge is 0.370 e. The molecule has 1 aliphatic carbocycles. The fraction of sp³-hybridized carbons (Fsp3) is 0.500. The molecule has 1 heterocycles. The molecule has 3 rings (SSSR count). The molecule has 2 N–H and O–H groups in total. The molecule has 1 aromatic carbocycles. The molecule has 0 radical (unpaired) electrons. The van der Waals surface area contributed by atoms with E-state index in [0.29, 0.717) is 43.1 Å². The Labute approximate surface area is 144 Å². The molecule has 1 aliphatic heterocycles. The SMILES string of the molecule is Cl.NC1(C(=O)N2CCOC(c3cc(F)c(Cl)cc3Cl)C2)CC1. The summed E-state index contributed by atoms with van der Waals surface area (Å²) in [5, 5.41) is 0.293. The zero-order chi connectivity index (χ0) is 15.2.